The minimum atomic E-state index is -1.13. The van der Waals surface area contributed by atoms with E-state index in [0.29, 0.717) is 12.8 Å². The van der Waals surface area contributed by atoms with E-state index in [2.05, 4.69) is 86.8 Å². The van der Waals surface area contributed by atoms with Gasteiger partial charge in [0.2, 0.25) is 0 Å². The van der Waals surface area contributed by atoms with Gasteiger partial charge in [0.25, 0.3) is 0 Å². The van der Waals surface area contributed by atoms with Crippen molar-refractivity contribution >= 4 is 17.9 Å². The zero-order valence-electron chi connectivity index (χ0n) is 43.3. The standard InChI is InChI=1S/C58H101NO7/c1-6-8-10-12-14-16-18-20-22-24-26-27-28-29-31-33-35-37-39-41-43-45-47-49-57(61)66-54(52-64-51-50-55(58(62)63)59(3,4)5)53-65-56(60)48-46-44-42-40-38-36-34-32-30-25-23-21-19-17-15-13-11-9-7-2/h8,10,14-17,19-22,26-27,54-55H,6-7,9,11-13,18,23-25,28-53H2,1-5H3/b10-8+,16-14+,17-15+,21-19+,22-20+,27-26+. The number of hydrogen-bond donors (Lipinski definition) is 0. The summed E-state index contributed by atoms with van der Waals surface area (Å²) in [6.45, 7) is 4.53. The van der Waals surface area contributed by atoms with Gasteiger partial charge in [-0.3, -0.25) is 9.59 Å². The molecule has 0 amide bonds. The third-order valence-corrected chi connectivity index (χ3v) is 11.9. The fourth-order valence-electron chi connectivity index (χ4n) is 7.70. The number of allylic oxidation sites excluding steroid dienone is 12. The van der Waals surface area contributed by atoms with E-state index in [-0.39, 0.29) is 42.7 Å². The first-order valence-corrected chi connectivity index (χ1v) is 27.0. The Morgan fingerprint density at radius 2 is 0.894 bits per heavy atom. The lowest BCUT2D eigenvalue weighted by molar-refractivity contribution is -0.889. The van der Waals surface area contributed by atoms with Crippen LogP contribution in [0.3, 0.4) is 0 Å². The lowest BCUT2D eigenvalue weighted by atomic mass is 10.0. The first kappa shape index (κ1) is 62.8. The average Bonchev–Trinajstić information content (AvgIpc) is 3.28. The minimum Gasteiger partial charge on any atom is -0.544 e. The molecule has 66 heavy (non-hydrogen) atoms. The zero-order chi connectivity index (χ0) is 48.4. The molecular weight excluding hydrogens is 823 g/mol. The van der Waals surface area contributed by atoms with E-state index >= 15 is 0 Å². The van der Waals surface area contributed by atoms with Gasteiger partial charge in [-0.25, -0.2) is 0 Å². The molecule has 0 fully saturated rings. The molecule has 0 radical (unpaired) electrons. The number of likely N-dealkylation sites (N-methyl/N-ethyl adjacent to an activating group) is 1. The third kappa shape index (κ3) is 45.9. The Labute approximate surface area is 406 Å². The molecule has 0 N–H and O–H groups in total. The van der Waals surface area contributed by atoms with Crippen LogP contribution in [-0.2, 0) is 28.6 Å². The molecule has 0 rings (SSSR count). The van der Waals surface area contributed by atoms with E-state index in [1.165, 1.54) is 128 Å². The van der Waals surface area contributed by atoms with Crippen LogP contribution in [0, 0.1) is 0 Å². The van der Waals surface area contributed by atoms with Crippen LogP contribution in [0.25, 0.3) is 0 Å². The second-order valence-electron chi connectivity index (χ2n) is 19.1. The average molecular weight is 924 g/mol. The second kappa shape index (κ2) is 48.2. The summed E-state index contributed by atoms with van der Waals surface area (Å²) >= 11 is 0. The number of carboxylic acids is 1. The summed E-state index contributed by atoms with van der Waals surface area (Å²) < 4.78 is 17.3. The number of ether oxygens (including phenoxy) is 3. The number of carbonyl (C=O) groups excluding carboxylic acids is 3. The molecule has 8 heteroatoms. The van der Waals surface area contributed by atoms with Crippen molar-refractivity contribution in [2.75, 3.05) is 41.0 Å². The van der Waals surface area contributed by atoms with Gasteiger partial charge in [-0.1, -0.05) is 202 Å². The predicted octanol–water partition coefficient (Wildman–Crippen LogP) is 14.5. The number of quaternary nitrogens is 1. The maximum absolute atomic E-state index is 12.8. The number of hydrogen-bond acceptors (Lipinski definition) is 7. The lowest BCUT2D eigenvalue weighted by Crippen LogP contribution is -2.55. The van der Waals surface area contributed by atoms with Crippen molar-refractivity contribution in [1.82, 2.24) is 0 Å². The van der Waals surface area contributed by atoms with Gasteiger partial charge in [-0.05, 0) is 77.0 Å². The van der Waals surface area contributed by atoms with Gasteiger partial charge in [0.1, 0.15) is 12.6 Å². The molecule has 8 nitrogen and oxygen atoms in total. The third-order valence-electron chi connectivity index (χ3n) is 11.9. The first-order chi connectivity index (χ1) is 32.1. The van der Waals surface area contributed by atoms with Gasteiger partial charge in [-0.2, -0.15) is 0 Å². The van der Waals surface area contributed by atoms with Gasteiger partial charge in [0, 0.05) is 19.3 Å². The number of nitrogens with zero attached hydrogens (tertiary/aromatic N) is 1. The summed E-state index contributed by atoms with van der Waals surface area (Å²) in [5, 5.41) is 11.7. The highest BCUT2D eigenvalue weighted by molar-refractivity contribution is 5.70. The molecule has 0 aromatic carbocycles. The van der Waals surface area contributed by atoms with E-state index in [1.807, 2.05) is 0 Å². The molecule has 0 aromatic rings. The topological polar surface area (TPSA) is 102 Å². The van der Waals surface area contributed by atoms with Crippen molar-refractivity contribution in [3.05, 3.63) is 72.9 Å². The fourth-order valence-corrected chi connectivity index (χ4v) is 7.70. The van der Waals surface area contributed by atoms with Crippen molar-refractivity contribution in [3.63, 3.8) is 0 Å². The summed E-state index contributed by atoms with van der Waals surface area (Å²) in [5.74, 6) is -1.74. The van der Waals surface area contributed by atoms with Crippen LogP contribution >= 0.6 is 0 Å². The van der Waals surface area contributed by atoms with Crippen LogP contribution in [0.15, 0.2) is 72.9 Å². The van der Waals surface area contributed by atoms with Gasteiger partial charge in [0.15, 0.2) is 6.10 Å². The molecule has 0 aliphatic heterocycles. The summed E-state index contributed by atoms with van der Waals surface area (Å²) in [6.07, 6.45) is 62.1. The van der Waals surface area contributed by atoms with Crippen molar-refractivity contribution in [3.8, 4) is 0 Å². The Balaban J connectivity index is 4.22. The molecule has 380 valence electrons. The highest BCUT2D eigenvalue weighted by Crippen LogP contribution is 2.15. The molecule has 0 saturated carbocycles. The van der Waals surface area contributed by atoms with Gasteiger partial charge < -0.3 is 28.6 Å². The number of aliphatic carboxylic acids is 1. The number of carboxylic acid groups (broad SMARTS) is 1. The summed E-state index contributed by atoms with van der Waals surface area (Å²) in [5.41, 5.74) is 0. The molecular formula is C58H101NO7. The maximum Gasteiger partial charge on any atom is 0.306 e. The largest absolute Gasteiger partial charge is 0.544 e. The van der Waals surface area contributed by atoms with Crippen molar-refractivity contribution in [2.45, 2.75) is 238 Å². The van der Waals surface area contributed by atoms with Crippen LogP contribution in [-0.4, -0.2) is 75.5 Å². The Morgan fingerprint density at radius 3 is 1.35 bits per heavy atom. The van der Waals surface area contributed by atoms with E-state index < -0.39 is 18.1 Å². The molecule has 0 bridgehead atoms. The van der Waals surface area contributed by atoms with Gasteiger partial charge in [0.05, 0.1) is 40.3 Å². The number of rotatable bonds is 48. The Kier molecular flexibility index (Phi) is 45.9. The van der Waals surface area contributed by atoms with Crippen LogP contribution in [0.4, 0.5) is 0 Å². The lowest BCUT2D eigenvalue weighted by Gasteiger charge is -2.34. The molecule has 2 unspecified atom stereocenters. The highest BCUT2D eigenvalue weighted by atomic mass is 16.6. The van der Waals surface area contributed by atoms with E-state index in [1.54, 1.807) is 21.1 Å². The number of unbranched alkanes of at least 4 members (excludes halogenated alkanes) is 23. The van der Waals surface area contributed by atoms with E-state index in [0.717, 1.165) is 64.2 Å². The quantitative estimate of drug-likeness (QED) is 0.0197. The molecule has 0 saturated heterocycles. The van der Waals surface area contributed by atoms with Crippen LogP contribution < -0.4 is 5.11 Å². The van der Waals surface area contributed by atoms with Gasteiger partial charge in [-0.15, -0.1) is 0 Å². The number of carbonyl (C=O) groups is 3. The predicted molar refractivity (Wildman–Crippen MR) is 277 cm³/mol. The Hall–Kier alpha value is -3.23. The first-order valence-electron chi connectivity index (χ1n) is 27.0. The van der Waals surface area contributed by atoms with E-state index in [4.69, 9.17) is 14.2 Å². The molecule has 0 aromatic heterocycles. The smallest absolute Gasteiger partial charge is 0.306 e. The summed E-state index contributed by atoms with van der Waals surface area (Å²) in [6, 6.07) is -0.730. The maximum atomic E-state index is 12.8. The Bertz CT molecular complexity index is 1310. The minimum absolute atomic E-state index is 0.0360. The molecule has 0 aliphatic carbocycles. The summed E-state index contributed by atoms with van der Waals surface area (Å²) in [7, 11) is 5.42. The number of esters is 2. The van der Waals surface area contributed by atoms with Crippen molar-refractivity contribution in [2.24, 2.45) is 0 Å². The van der Waals surface area contributed by atoms with Crippen molar-refractivity contribution in [1.29, 1.82) is 0 Å². The molecule has 2 atom stereocenters. The zero-order valence-corrected chi connectivity index (χ0v) is 43.3. The monoisotopic (exact) mass is 924 g/mol. The normalized spacial score (nSPS) is 13.4. The SMILES string of the molecule is CC/C=C/C/C=C/C/C=C/C/C=C/CCCCCCCCCCCCC(=O)OC(COCCC(C(=O)[O-])[N+](C)(C)C)COC(=O)CCCCCCCCCCCC/C=C/C=C/CCCCC. The van der Waals surface area contributed by atoms with Crippen molar-refractivity contribution < 1.29 is 38.2 Å². The van der Waals surface area contributed by atoms with Crippen LogP contribution in [0.1, 0.15) is 226 Å². The highest BCUT2D eigenvalue weighted by Gasteiger charge is 2.25. The fraction of sp³-hybridized carbons (Fsp3) is 0.741. The summed E-state index contributed by atoms with van der Waals surface area (Å²) in [4.78, 5) is 37.1. The van der Waals surface area contributed by atoms with Gasteiger partial charge >= 0.3 is 11.9 Å². The van der Waals surface area contributed by atoms with Crippen LogP contribution in [0.5, 0.6) is 0 Å². The molecule has 0 aliphatic rings. The van der Waals surface area contributed by atoms with Crippen LogP contribution in [0.2, 0.25) is 0 Å². The Morgan fingerprint density at radius 1 is 0.485 bits per heavy atom. The van der Waals surface area contributed by atoms with E-state index in [9.17, 15) is 19.5 Å². The molecule has 0 spiro atoms. The molecule has 0 heterocycles. The second-order valence-corrected chi connectivity index (χ2v) is 19.1.